The van der Waals surface area contributed by atoms with Gasteiger partial charge in [-0.1, -0.05) is 72.8 Å². The highest BCUT2D eigenvalue weighted by Crippen LogP contribution is 2.51. The third-order valence-electron chi connectivity index (χ3n) is 9.22. The number of aromatic nitrogens is 5. The van der Waals surface area contributed by atoms with Crippen molar-refractivity contribution in [2.24, 2.45) is 0 Å². The Morgan fingerprint density at radius 1 is 0.962 bits per heavy atom. The molecule has 4 atom stereocenters. The van der Waals surface area contributed by atoms with Gasteiger partial charge in [-0.15, -0.1) is 11.3 Å². The second kappa shape index (κ2) is 12.5. The van der Waals surface area contributed by atoms with Crippen molar-refractivity contribution in [2.75, 3.05) is 12.3 Å². The minimum atomic E-state index is -1.30. The highest BCUT2D eigenvalue weighted by atomic mass is 32.1. The molecule has 9 rings (SSSR count). The molecule has 14 heteroatoms. The molecule has 3 aromatic heterocycles. The van der Waals surface area contributed by atoms with Gasteiger partial charge in [-0.2, -0.15) is 0 Å². The molecule has 0 bridgehead atoms. The van der Waals surface area contributed by atoms with Gasteiger partial charge in [0.15, 0.2) is 35.0 Å². The van der Waals surface area contributed by atoms with Crippen LogP contribution in [-0.4, -0.2) is 61.1 Å². The molecule has 6 aromatic rings. The molecule has 0 spiro atoms. The first-order valence-electron chi connectivity index (χ1n) is 16.8. The smallest absolute Gasteiger partial charge is 0.305 e. The Kier molecular flexibility index (Phi) is 7.77. The summed E-state index contributed by atoms with van der Waals surface area (Å²) >= 11 is 1.47. The summed E-state index contributed by atoms with van der Waals surface area (Å²) in [6.45, 7) is 3.93. The Balaban J connectivity index is 0.986. The molecule has 2 fully saturated rings. The van der Waals surface area contributed by atoms with Crippen LogP contribution in [0, 0.1) is 0 Å². The number of anilines is 1. The lowest BCUT2D eigenvalue weighted by Crippen LogP contribution is -2.37. The van der Waals surface area contributed by atoms with Gasteiger partial charge in [-0.25, -0.2) is 19.9 Å². The molecule has 0 saturated carbocycles. The molecule has 3 aromatic carbocycles. The summed E-state index contributed by atoms with van der Waals surface area (Å²) in [5.74, 6) is -1.41. The summed E-state index contributed by atoms with van der Waals surface area (Å²) in [6.07, 6.45) is 6.50. The number of hydrogen-bond donors (Lipinski definition) is 2. The summed E-state index contributed by atoms with van der Waals surface area (Å²) in [5.41, 5.74) is 9.69. The van der Waals surface area contributed by atoms with Crippen LogP contribution in [0.25, 0.3) is 21.7 Å². The van der Waals surface area contributed by atoms with Gasteiger partial charge in [0.25, 0.3) is 5.91 Å². The number of nitrogens with zero attached hydrogens (tertiary/aromatic N) is 5. The summed E-state index contributed by atoms with van der Waals surface area (Å²) in [4.78, 5) is 31.3. The van der Waals surface area contributed by atoms with Crippen LogP contribution >= 0.6 is 11.3 Å². The summed E-state index contributed by atoms with van der Waals surface area (Å²) in [6, 6.07) is 23.1. The third kappa shape index (κ3) is 5.47. The highest BCUT2D eigenvalue weighted by molar-refractivity contribution is 7.13. The first-order chi connectivity index (χ1) is 25.3. The summed E-state index contributed by atoms with van der Waals surface area (Å²) in [7, 11) is 0. The molecule has 13 nitrogen and oxygen atoms in total. The number of imidazole rings is 1. The maximum Gasteiger partial charge on any atom is 0.305 e. The Hall–Kier alpha value is -5.67. The molecule has 52 heavy (non-hydrogen) atoms. The molecule has 2 saturated heterocycles. The van der Waals surface area contributed by atoms with Gasteiger partial charge in [0.05, 0.1) is 11.9 Å². The first-order valence-corrected chi connectivity index (χ1v) is 17.6. The number of nitrogens with one attached hydrogen (secondary N) is 1. The van der Waals surface area contributed by atoms with E-state index < -0.39 is 36.1 Å². The van der Waals surface area contributed by atoms with Crippen molar-refractivity contribution in [3.05, 3.63) is 126 Å². The van der Waals surface area contributed by atoms with E-state index in [0.29, 0.717) is 28.2 Å². The Morgan fingerprint density at radius 2 is 1.71 bits per heavy atom. The van der Waals surface area contributed by atoms with Crippen molar-refractivity contribution in [1.29, 1.82) is 0 Å². The van der Waals surface area contributed by atoms with Gasteiger partial charge < -0.3 is 34.7 Å². The predicted molar refractivity (Wildman–Crippen MR) is 191 cm³/mol. The molecule has 0 aliphatic carbocycles. The van der Waals surface area contributed by atoms with Gasteiger partial charge >= 0.3 is 5.79 Å². The molecule has 3 aliphatic rings. The normalized spacial score (nSPS) is 22.6. The summed E-state index contributed by atoms with van der Waals surface area (Å²) in [5, 5.41) is 5.67. The number of ether oxygens (including phenoxy) is 5. The molecule has 6 heterocycles. The number of nitrogens with two attached hydrogens (primary N) is 1. The molecule has 3 N–H and O–H groups in total. The lowest BCUT2D eigenvalue weighted by atomic mass is 9.97. The largest absolute Gasteiger partial charge is 0.440 e. The van der Waals surface area contributed by atoms with Crippen LogP contribution in [0.15, 0.2) is 109 Å². The highest BCUT2D eigenvalue weighted by Gasteiger charge is 2.55. The molecular formula is C38H33N7O6S. The first kappa shape index (κ1) is 32.3. The zero-order chi connectivity index (χ0) is 35.5. The fraction of sp³-hybridized carbons (Fsp3) is 0.237. The average molecular weight is 716 g/mol. The molecule has 0 radical (unpaired) electrons. The van der Waals surface area contributed by atoms with Crippen LogP contribution in [-0.2, 0) is 20.0 Å². The molecule has 1 unspecified atom stereocenters. The second-order valence-electron chi connectivity index (χ2n) is 13.0. The fourth-order valence-corrected chi connectivity index (χ4v) is 7.60. The number of carbonyl (C=O) groups excluding carboxylic acids is 1. The monoisotopic (exact) mass is 715 g/mol. The van der Waals surface area contributed by atoms with Crippen LogP contribution < -0.4 is 20.5 Å². The van der Waals surface area contributed by atoms with Crippen LogP contribution in [0.2, 0.25) is 0 Å². The van der Waals surface area contributed by atoms with E-state index in [1.54, 1.807) is 23.2 Å². The maximum atomic E-state index is 14.0. The molecule has 1 amide bonds. The molecule has 3 aliphatic heterocycles. The second-order valence-corrected chi connectivity index (χ2v) is 13.9. The number of amides is 1. The third-order valence-corrected chi connectivity index (χ3v) is 10.0. The van der Waals surface area contributed by atoms with Gasteiger partial charge in [0.1, 0.15) is 35.2 Å². The van der Waals surface area contributed by atoms with Crippen molar-refractivity contribution in [1.82, 2.24) is 29.8 Å². The Morgan fingerprint density at radius 3 is 2.44 bits per heavy atom. The zero-order valence-corrected chi connectivity index (χ0v) is 28.9. The van der Waals surface area contributed by atoms with E-state index in [2.05, 4.69) is 25.3 Å². The molecule has 262 valence electrons. The van der Waals surface area contributed by atoms with Crippen LogP contribution in [0.1, 0.15) is 41.6 Å². The van der Waals surface area contributed by atoms with Gasteiger partial charge in [-0.05, 0) is 26.0 Å². The maximum absolute atomic E-state index is 14.0. The number of nitrogen functional groups attached to an aromatic ring is 1. The Bertz CT molecular complexity index is 2260. The van der Waals surface area contributed by atoms with Crippen molar-refractivity contribution >= 4 is 34.2 Å². The minimum absolute atomic E-state index is 0.197. The van der Waals surface area contributed by atoms with Crippen LogP contribution in [0.5, 0.6) is 11.5 Å². The summed E-state index contributed by atoms with van der Waals surface area (Å²) < 4.78 is 34.3. The lowest BCUT2D eigenvalue weighted by molar-refractivity contribution is -0.191. The molecular weight excluding hydrogens is 683 g/mol. The standard InChI is InChI=1S/C38H33N7O6S/c1-37(2)49-30-26(47-36(31(30)50-37)45-21-44-28-32(39)42-20-43-33(28)45)14-9-15-40-34(46)25-18-22(35-41-16-17-52-35)19-27-29(25)51-38(48-27,23-10-5-3-6-11-23)24-12-7-4-8-13-24/h3-14,16-21,26,30-31,36H,15H2,1-2H3,(H,40,46)(H2,39,42,43)/b14-9+/t26-,30?,31+,36-/m1/s1. The SMILES string of the molecule is CC1(C)OC2[C@@H](/C=C/CNC(=O)c3cc(-c4nccs4)cc4c3OC(c3ccccc3)(c3ccccc3)O4)O[C@@H](n3cnc4c(N)ncnc43)[C@H]2O1. The van der Waals surface area contributed by atoms with Crippen molar-refractivity contribution in [3.8, 4) is 22.1 Å². The number of thiazole rings is 1. The number of benzene rings is 3. The fourth-order valence-electron chi connectivity index (χ4n) is 6.97. The number of hydrogen-bond acceptors (Lipinski definition) is 12. The van der Waals surface area contributed by atoms with E-state index in [1.807, 2.05) is 98.1 Å². The minimum Gasteiger partial charge on any atom is -0.440 e. The van der Waals surface area contributed by atoms with Crippen molar-refractivity contribution in [2.45, 2.75) is 50.0 Å². The number of carbonyl (C=O) groups is 1. The van der Waals surface area contributed by atoms with Crippen LogP contribution in [0.3, 0.4) is 0 Å². The lowest BCUT2D eigenvalue weighted by Gasteiger charge is -2.28. The quantitative estimate of drug-likeness (QED) is 0.189. The van der Waals surface area contributed by atoms with E-state index in [4.69, 9.17) is 29.4 Å². The van der Waals surface area contributed by atoms with E-state index in [-0.39, 0.29) is 18.3 Å². The van der Waals surface area contributed by atoms with E-state index in [9.17, 15) is 4.79 Å². The van der Waals surface area contributed by atoms with Crippen molar-refractivity contribution in [3.63, 3.8) is 0 Å². The Labute approximate surface area is 302 Å². The number of rotatable bonds is 8. The van der Waals surface area contributed by atoms with E-state index in [1.165, 1.54) is 17.7 Å². The van der Waals surface area contributed by atoms with E-state index >= 15 is 0 Å². The predicted octanol–water partition coefficient (Wildman–Crippen LogP) is 5.61. The number of fused-ring (bicyclic) bond motifs is 3. The average Bonchev–Trinajstić information content (AvgIpc) is 3.99. The topological polar surface area (TPSA) is 158 Å². The van der Waals surface area contributed by atoms with E-state index in [0.717, 1.165) is 21.7 Å². The van der Waals surface area contributed by atoms with Gasteiger partial charge in [0, 0.05) is 34.8 Å². The van der Waals surface area contributed by atoms with Crippen molar-refractivity contribution < 1.29 is 28.5 Å². The van der Waals surface area contributed by atoms with Crippen LogP contribution in [0.4, 0.5) is 5.82 Å². The van der Waals surface area contributed by atoms with Gasteiger partial charge in [-0.3, -0.25) is 9.36 Å². The zero-order valence-electron chi connectivity index (χ0n) is 28.1. The van der Waals surface area contributed by atoms with Gasteiger partial charge in [0.2, 0.25) is 0 Å².